The van der Waals surface area contributed by atoms with Gasteiger partial charge in [-0.25, -0.2) is 0 Å². The van der Waals surface area contributed by atoms with Crippen LogP contribution in [-0.4, -0.2) is 4.57 Å². The Morgan fingerprint density at radius 2 is 1.11 bits per heavy atom. The monoisotopic (exact) mass is 696 g/mol. The first-order valence-corrected chi connectivity index (χ1v) is 17.8. The second-order valence-electron chi connectivity index (χ2n) is 14.1. The first-order valence-electron chi connectivity index (χ1n) is 17.8. The van der Waals surface area contributed by atoms with Crippen LogP contribution in [-0.2, 0) is 11.6 Å². The van der Waals surface area contributed by atoms with E-state index >= 15 is 0 Å². The molecule has 258 valence electrons. The topological polar surface area (TPSA) is 8.17 Å². The number of rotatable bonds is 6. The van der Waals surface area contributed by atoms with Crippen LogP contribution in [0.2, 0.25) is 0 Å². The molecular formula is C48H35F3N2. The molecule has 0 atom stereocenters. The molecule has 0 unspecified atom stereocenters. The summed E-state index contributed by atoms with van der Waals surface area (Å²) < 4.78 is 44.0. The van der Waals surface area contributed by atoms with E-state index < -0.39 is 17.2 Å². The predicted molar refractivity (Wildman–Crippen MR) is 213 cm³/mol. The summed E-state index contributed by atoms with van der Waals surface area (Å²) in [5, 5.41) is 1.41. The zero-order valence-electron chi connectivity index (χ0n) is 29.3. The molecule has 0 bridgehead atoms. The predicted octanol–water partition coefficient (Wildman–Crippen LogP) is 13.7. The Balaban J connectivity index is 1.09. The van der Waals surface area contributed by atoms with Gasteiger partial charge in [-0.1, -0.05) is 123 Å². The molecule has 0 N–H and O–H groups in total. The van der Waals surface area contributed by atoms with Gasteiger partial charge in [0.1, 0.15) is 0 Å². The summed E-state index contributed by atoms with van der Waals surface area (Å²) in [6, 6.07) is 54.0. The Kier molecular flexibility index (Phi) is 7.63. The van der Waals surface area contributed by atoms with Gasteiger partial charge in [-0.2, -0.15) is 13.2 Å². The smallest absolute Gasteiger partial charge is 0.311 e. The lowest BCUT2D eigenvalue weighted by atomic mass is 9.81. The maximum absolute atomic E-state index is 13.9. The highest BCUT2D eigenvalue weighted by Crippen LogP contribution is 2.53. The van der Waals surface area contributed by atoms with Crippen LogP contribution in [0.4, 0.5) is 30.2 Å². The number of halogens is 3. The highest BCUT2D eigenvalue weighted by atomic mass is 19.4. The van der Waals surface area contributed by atoms with Crippen molar-refractivity contribution in [1.82, 2.24) is 4.57 Å². The van der Waals surface area contributed by atoms with E-state index in [1.54, 1.807) is 6.07 Å². The zero-order valence-corrected chi connectivity index (χ0v) is 29.3. The molecule has 9 rings (SSSR count). The lowest BCUT2D eigenvalue weighted by molar-refractivity contribution is -0.137. The minimum Gasteiger partial charge on any atom is -0.311 e. The number of anilines is 3. The van der Waals surface area contributed by atoms with Gasteiger partial charge in [0, 0.05) is 38.9 Å². The van der Waals surface area contributed by atoms with Gasteiger partial charge >= 0.3 is 6.18 Å². The van der Waals surface area contributed by atoms with Gasteiger partial charge in [0.15, 0.2) is 0 Å². The highest BCUT2D eigenvalue weighted by Gasteiger charge is 2.39. The molecule has 1 aromatic heterocycles. The third-order valence-electron chi connectivity index (χ3n) is 10.6. The molecule has 2 nitrogen and oxygen atoms in total. The van der Waals surface area contributed by atoms with E-state index in [0.717, 1.165) is 67.0 Å². The Morgan fingerprint density at radius 3 is 1.75 bits per heavy atom. The quantitative estimate of drug-likeness (QED) is 0.157. The Bertz CT molecular complexity index is 2610. The van der Waals surface area contributed by atoms with Crippen molar-refractivity contribution in [3.05, 3.63) is 192 Å². The highest BCUT2D eigenvalue weighted by molar-refractivity contribution is 6.13. The number of aromatic nitrogens is 1. The summed E-state index contributed by atoms with van der Waals surface area (Å²) in [5.41, 5.74) is 11.6. The normalized spacial score (nSPS) is 13.5. The van der Waals surface area contributed by atoms with Gasteiger partial charge in [-0.05, 0) is 100 Å². The molecule has 7 aromatic carbocycles. The first-order chi connectivity index (χ1) is 25.7. The average molecular weight is 697 g/mol. The Morgan fingerprint density at radius 1 is 0.547 bits per heavy atom. The number of alkyl halides is 3. The minimum atomic E-state index is -4.43. The summed E-state index contributed by atoms with van der Waals surface area (Å²) in [7, 11) is 0. The molecule has 0 fully saturated rings. The van der Waals surface area contributed by atoms with Crippen molar-refractivity contribution in [1.29, 1.82) is 0 Å². The number of hydrogen-bond donors (Lipinski definition) is 0. The van der Waals surface area contributed by atoms with Crippen LogP contribution < -0.4 is 4.90 Å². The molecule has 0 aliphatic heterocycles. The van der Waals surface area contributed by atoms with Gasteiger partial charge in [0.25, 0.3) is 0 Å². The van der Waals surface area contributed by atoms with E-state index in [9.17, 15) is 13.2 Å². The maximum Gasteiger partial charge on any atom is 0.416 e. The van der Waals surface area contributed by atoms with Crippen molar-refractivity contribution in [3.63, 3.8) is 0 Å². The van der Waals surface area contributed by atoms with Crippen molar-refractivity contribution in [3.8, 4) is 16.8 Å². The second kappa shape index (κ2) is 12.4. The maximum atomic E-state index is 13.9. The van der Waals surface area contributed by atoms with E-state index in [1.807, 2.05) is 48.5 Å². The first kappa shape index (κ1) is 32.6. The van der Waals surface area contributed by atoms with Crippen LogP contribution in [0.1, 0.15) is 41.7 Å². The molecule has 0 spiro atoms. The van der Waals surface area contributed by atoms with E-state index in [0.29, 0.717) is 5.39 Å². The van der Waals surface area contributed by atoms with E-state index in [4.69, 9.17) is 0 Å². The number of nitrogens with zero attached hydrogens (tertiary/aromatic N) is 2. The van der Waals surface area contributed by atoms with Crippen LogP contribution >= 0.6 is 0 Å². The van der Waals surface area contributed by atoms with Gasteiger partial charge < -0.3 is 9.47 Å². The van der Waals surface area contributed by atoms with Crippen LogP contribution in [0.15, 0.2) is 164 Å². The molecule has 53 heavy (non-hydrogen) atoms. The van der Waals surface area contributed by atoms with Crippen molar-refractivity contribution in [2.75, 3.05) is 4.90 Å². The van der Waals surface area contributed by atoms with Gasteiger partial charge in [0.2, 0.25) is 0 Å². The molecule has 1 aliphatic carbocycles. The molecule has 1 heterocycles. The van der Waals surface area contributed by atoms with Crippen LogP contribution in [0.3, 0.4) is 0 Å². The fourth-order valence-electron chi connectivity index (χ4n) is 8.07. The number of hydrogen-bond acceptors (Lipinski definition) is 1. The molecular weight excluding hydrogens is 662 g/mol. The van der Waals surface area contributed by atoms with Crippen molar-refractivity contribution < 1.29 is 13.2 Å². The van der Waals surface area contributed by atoms with E-state index in [-0.39, 0.29) is 0 Å². The van der Waals surface area contributed by atoms with Gasteiger partial charge in [0.05, 0.1) is 16.6 Å². The molecule has 1 aliphatic rings. The minimum absolute atomic E-state index is 0.415. The number of benzene rings is 7. The van der Waals surface area contributed by atoms with Crippen LogP contribution in [0.5, 0.6) is 0 Å². The lowest BCUT2D eigenvalue weighted by Crippen LogP contribution is -2.16. The van der Waals surface area contributed by atoms with Crippen LogP contribution in [0.25, 0.3) is 50.8 Å². The third kappa shape index (κ3) is 5.51. The molecule has 0 saturated carbocycles. The zero-order chi connectivity index (χ0) is 36.3. The SMILES string of the molecule is CC1(C)c2cc(/C=C/c3ccc(N(c4ccccc4)c4ccccc4)cc3)ccc2-c2ccc3c4cc(C(F)(F)F)ccc4n(-c4ccccc4)c3c21. The number of para-hydroxylation sites is 3. The largest absolute Gasteiger partial charge is 0.416 e. The fourth-order valence-corrected chi connectivity index (χ4v) is 8.07. The van der Waals surface area contributed by atoms with Crippen molar-refractivity contribution in [2.24, 2.45) is 0 Å². The third-order valence-corrected chi connectivity index (χ3v) is 10.6. The molecule has 8 aromatic rings. The molecule has 0 saturated heterocycles. The second-order valence-corrected chi connectivity index (χ2v) is 14.1. The Labute approximate surface area is 306 Å². The van der Waals surface area contributed by atoms with E-state index in [1.165, 1.54) is 17.7 Å². The van der Waals surface area contributed by atoms with Gasteiger partial charge in [-0.15, -0.1) is 0 Å². The Hall–Kier alpha value is -6.33. The summed E-state index contributed by atoms with van der Waals surface area (Å²) in [6.45, 7) is 4.45. The van der Waals surface area contributed by atoms with Crippen LogP contribution in [0, 0.1) is 0 Å². The molecule has 0 amide bonds. The standard InChI is InChI=1S/C48H35F3N2/c1-47(2)43-30-33(19-18-32-20-24-38(25-21-32)52(35-12-6-3-7-13-35)36-14-8-4-9-15-36)22-26-39(43)40-27-28-41-42-31-34(48(49,50)51)23-29-44(42)53(46(41)45(40)47)37-16-10-5-11-17-37/h3-31H,1-2H3/b19-18+. The molecule has 0 radical (unpaired) electrons. The van der Waals surface area contributed by atoms with Gasteiger partial charge in [-0.3, -0.25) is 0 Å². The fraction of sp³-hybridized carbons (Fsp3) is 0.0833. The summed E-state index contributed by atoms with van der Waals surface area (Å²) in [5.74, 6) is 0. The molecule has 5 heteroatoms. The summed E-state index contributed by atoms with van der Waals surface area (Å²) in [6.07, 6.45) is -0.145. The van der Waals surface area contributed by atoms with E-state index in [2.05, 4.69) is 133 Å². The lowest BCUT2D eigenvalue weighted by Gasteiger charge is -2.25. The summed E-state index contributed by atoms with van der Waals surface area (Å²) in [4.78, 5) is 2.25. The number of fused-ring (bicyclic) bond motifs is 7. The summed E-state index contributed by atoms with van der Waals surface area (Å²) >= 11 is 0. The van der Waals surface area contributed by atoms with Crippen molar-refractivity contribution >= 4 is 51.0 Å². The average Bonchev–Trinajstić information content (AvgIpc) is 3.63. The van der Waals surface area contributed by atoms with Crippen molar-refractivity contribution in [2.45, 2.75) is 25.4 Å².